The maximum atomic E-state index is 4.90. The van der Waals surface area contributed by atoms with Crippen molar-refractivity contribution in [2.45, 2.75) is 0 Å². The van der Waals surface area contributed by atoms with Crippen molar-refractivity contribution in [3.05, 3.63) is 0 Å². The summed E-state index contributed by atoms with van der Waals surface area (Å²) in [6.07, 6.45) is 0. The zero-order chi connectivity index (χ0) is 3.41. The number of rotatable bonds is 1. The van der Waals surface area contributed by atoms with E-state index in [0.29, 0.717) is 13.1 Å². The van der Waals surface area contributed by atoms with E-state index in [9.17, 15) is 0 Å². The summed E-state index contributed by atoms with van der Waals surface area (Å²) >= 11 is 0. The maximum absolute atomic E-state index is 4.90. The van der Waals surface area contributed by atoms with Crippen LogP contribution in [0, 0.1) is 41.7 Å². The summed E-state index contributed by atoms with van der Waals surface area (Å²) < 4.78 is 0. The van der Waals surface area contributed by atoms with Gasteiger partial charge in [0.1, 0.15) is 0 Å². The Morgan fingerprint density at radius 2 is 1.20 bits per heavy atom. The first kappa shape index (κ1) is 9.57. The van der Waals surface area contributed by atoms with Crippen LogP contribution in [0.1, 0.15) is 0 Å². The Hall–Kier alpha value is 1.30. The summed E-state index contributed by atoms with van der Waals surface area (Å²) in [7, 11) is 0. The summed E-state index contributed by atoms with van der Waals surface area (Å²) in [4.78, 5) is 0. The van der Waals surface area contributed by atoms with Gasteiger partial charge in [0, 0.05) is 54.8 Å². The normalized spacial score (nSPS) is 6.00. The molecule has 5 heavy (non-hydrogen) atoms. The molecule has 0 heterocycles. The Bertz CT molecular complexity index is 9.61. The Balaban J connectivity index is 0. The first-order valence-corrected chi connectivity index (χ1v) is 1.32. The zero-order valence-corrected chi connectivity index (χ0v) is 6.21. The molecule has 0 aliphatic rings. The van der Waals surface area contributed by atoms with Crippen molar-refractivity contribution >= 4 is 0 Å². The quantitative estimate of drug-likeness (QED) is 0.565. The summed E-state index contributed by atoms with van der Waals surface area (Å²) in [5.74, 6) is 0. The third-order valence-corrected chi connectivity index (χ3v) is 0.167. The second kappa shape index (κ2) is 9.00. The van der Waals surface area contributed by atoms with Crippen molar-refractivity contribution in [2.24, 2.45) is 11.5 Å². The minimum atomic E-state index is 0. The minimum absolute atomic E-state index is 0. The van der Waals surface area contributed by atoms with Crippen molar-refractivity contribution in [2.75, 3.05) is 13.1 Å². The predicted octanol–water partition coefficient (Wildman–Crippen LogP) is -1.10. The standard InChI is InChI=1S/C2H8N2.Ce/c3-1-2-4;/h1-4H2;. The molecule has 0 radical (unpaired) electrons. The Kier molecular flexibility index (Phi) is 17.2. The first-order chi connectivity index (χ1) is 1.91. The van der Waals surface area contributed by atoms with Crippen LogP contribution in [0.3, 0.4) is 0 Å². The van der Waals surface area contributed by atoms with E-state index < -0.39 is 0 Å². The molecule has 0 aliphatic carbocycles. The monoisotopic (exact) mass is 200 g/mol. The van der Waals surface area contributed by atoms with E-state index in [1.54, 1.807) is 0 Å². The Morgan fingerprint density at radius 3 is 1.20 bits per heavy atom. The predicted molar refractivity (Wildman–Crippen MR) is 18.1 cm³/mol. The number of nitrogens with two attached hydrogens (primary N) is 2. The van der Waals surface area contributed by atoms with Crippen molar-refractivity contribution in [3.63, 3.8) is 0 Å². The smallest absolute Gasteiger partial charge is 0.00461 e. The average molecular weight is 200 g/mol. The topological polar surface area (TPSA) is 52.0 Å². The summed E-state index contributed by atoms with van der Waals surface area (Å²) in [5, 5.41) is 0. The van der Waals surface area contributed by atoms with Gasteiger partial charge in [-0.15, -0.1) is 0 Å². The molecular weight excluding hydrogens is 192 g/mol. The summed E-state index contributed by atoms with van der Waals surface area (Å²) in [6.45, 7) is 1.19. The van der Waals surface area contributed by atoms with Gasteiger partial charge in [0.25, 0.3) is 0 Å². The van der Waals surface area contributed by atoms with Crippen molar-refractivity contribution in [3.8, 4) is 0 Å². The van der Waals surface area contributed by atoms with Gasteiger partial charge >= 0.3 is 0 Å². The molecule has 0 bridgehead atoms. The van der Waals surface area contributed by atoms with Crippen LogP contribution >= 0.6 is 0 Å². The summed E-state index contributed by atoms with van der Waals surface area (Å²) in [5.41, 5.74) is 9.81. The van der Waals surface area contributed by atoms with Gasteiger partial charge < -0.3 is 11.5 Å². The fourth-order valence-corrected chi connectivity index (χ4v) is 0. The van der Waals surface area contributed by atoms with Gasteiger partial charge in [-0.2, -0.15) is 0 Å². The van der Waals surface area contributed by atoms with Crippen LogP contribution in [-0.2, 0) is 0 Å². The second-order valence-corrected chi connectivity index (χ2v) is 0.577. The molecule has 3 heteroatoms. The van der Waals surface area contributed by atoms with Gasteiger partial charge in [0.05, 0.1) is 0 Å². The third-order valence-electron chi connectivity index (χ3n) is 0.167. The average Bonchev–Trinajstić information content (AvgIpc) is 1.37. The molecule has 0 aromatic rings. The van der Waals surface area contributed by atoms with Crippen LogP contribution < -0.4 is 11.5 Å². The van der Waals surface area contributed by atoms with Crippen LogP contribution in [0.5, 0.6) is 0 Å². The van der Waals surface area contributed by atoms with Gasteiger partial charge in [-0.05, 0) is 0 Å². The molecule has 0 aromatic heterocycles. The molecule has 0 saturated carbocycles. The van der Waals surface area contributed by atoms with Gasteiger partial charge in [-0.1, -0.05) is 0 Å². The fraction of sp³-hybridized carbons (Fsp3) is 1.00. The fourth-order valence-electron chi connectivity index (χ4n) is 0. The molecule has 0 spiro atoms. The van der Waals surface area contributed by atoms with Crippen LogP contribution in [0.15, 0.2) is 0 Å². The van der Waals surface area contributed by atoms with E-state index in [0.717, 1.165) is 0 Å². The van der Waals surface area contributed by atoms with Gasteiger partial charge in [-0.25, -0.2) is 0 Å². The zero-order valence-electron chi connectivity index (χ0n) is 3.07. The van der Waals surface area contributed by atoms with E-state index in [4.69, 9.17) is 11.5 Å². The van der Waals surface area contributed by atoms with E-state index in [1.165, 1.54) is 0 Å². The van der Waals surface area contributed by atoms with Crippen LogP contribution in [-0.4, -0.2) is 13.1 Å². The third kappa shape index (κ3) is 10.9. The molecule has 0 unspecified atom stereocenters. The summed E-state index contributed by atoms with van der Waals surface area (Å²) in [6, 6.07) is 0. The largest absolute Gasteiger partial charge is 0.329 e. The van der Waals surface area contributed by atoms with E-state index in [-0.39, 0.29) is 41.7 Å². The minimum Gasteiger partial charge on any atom is -0.329 e. The molecule has 0 aromatic carbocycles. The van der Waals surface area contributed by atoms with Gasteiger partial charge in [0.2, 0.25) is 0 Å². The van der Waals surface area contributed by atoms with E-state index in [2.05, 4.69) is 0 Å². The van der Waals surface area contributed by atoms with Gasteiger partial charge in [-0.3, -0.25) is 0 Å². The molecule has 0 fully saturated rings. The molecule has 0 rings (SSSR count). The molecule has 0 atom stereocenters. The first-order valence-electron chi connectivity index (χ1n) is 1.32. The molecule has 0 aliphatic heterocycles. The van der Waals surface area contributed by atoms with Crippen LogP contribution in [0.4, 0.5) is 0 Å². The molecule has 2 nitrogen and oxygen atoms in total. The number of hydrogen-bond acceptors (Lipinski definition) is 2. The molecular formula is C2H8CeN2. The molecule has 30 valence electrons. The van der Waals surface area contributed by atoms with Crippen molar-refractivity contribution < 1.29 is 41.7 Å². The molecule has 0 amide bonds. The molecule has 0 saturated heterocycles. The Labute approximate surface area is 65.7 Å². The van der Waals surface area contributed by atoms with E-state index >= 15 is 0 Å². The second-order valence-electron chi connectivity index (χ2n) is 0.577. The van der Waals surface area contributed by atoms with Crippen molar-refractivity contribution in [1.82, 2.24) is 0 Å². The SMILES string of the molecule is NCCN.[Ce]. The van der Waals surface area contributed by atoms with Crippen LogP contribution in [0.25, 0.3) is 0 Å². The Morgan fingerprint density at radius 1 is 1.00 bits per heavy atom. The van der Waals surface area contributed by atoms with Gasteiger partial charge in [0.15, 0.2) is 0 Å². The number of hydrogen-bond donors (Lipinski definition) is 2. The van der Waals surface area contributed by atoms with Crippen LogP contribution in [0.2, 0.25) is 0 Å². The maximum Gasteiger partial charge on any atom is 0.00461 e. The van der Waals surface area contributed by atoms with Crippen molar-refractivity contribution in [1.29, 1.82) is 0 Å². The van der Waals surface area contributed by atoms with E-state index in [1.807, 2.05) is 0 Å². The molecule has 4 N–H and O–H groups in total.